The number of carbonyl (C=O) groups is 3. The Labute approximate surface area is 130 Å². The van der Waals surface area contributed by atoms with Gasteiger partial charge in [0.15, 0.2) is 0 Å². The van der Waals surface area contributed by atoms with E-state index < -0.39 is 29.7 Å². The number of ether oxygens (including phenoxy) is 3. The van der Waals surface area contributed by atoms with Gasteiger partial charge in [0.1, 0.15) is 11.6 Å². The Morgan fingerprint density at radius 3 is 2.32 bits per heavy atom. The first kappa shape index (κ1) is 18.2. The second kappa shape index (κ2) is 7.44. The van der Waals surface area contributed by atoms with E-state index in [1.54, 1.807) is 25.7 Å². The summed E-state index contributed by atoms with van der Waals surface area (Å²) in [6.45, 7) is 5.60. The Morgan fingerprint density at radius 2 is 1.82 bits per heavy atom. The van der Waals surface area contributed by atoms with Crippen molar-refractivity contribution in [1.82, 2.24) is 10.2 Å². The van der Waals surface area contributed by atoms with Crippen LogP contribution in [0.3, 0.4) is 0 Å². The van der Waals surface area contributed by atoms with Crippen LogP contribution in [0.1, 0.15) is 27.2 Å². The second-order valence-electron chi connectivity index (χ2n) is 6.12. The first-order chi connectivity index (χ1) is 10.2. The van der Waals surface area contributed by atoms with Crippen molar-refractivity contribution < 1.29 is 28.6 Å². The van der Waals surface area contributed by atoms with E-state index in [9.17, 15) is 14.4 Å². The summed E-state index contributed by atoms with van der Waals surface area (Å²) >= 11 is 0. The average molecular weight is 316 g/mol. The van der Waals surface area contributed by atoms with E-state index in [1.165, 1.54) is 14.2 Å². The van der Waals surface area contributed by atoms with Crippen LogP contribution in [0, 0.1) is 0 Å². The molecule has 1 saturated heterocycles. The van der Waals surface area contributed by atoms with Crippen LogP contribution in [0.4, 0.5) is 4.79 Å². The van der Waals surface area contributed by atoms with Gasteiger partial charge in [-0.15, -0.1) is 0 Å². The number of nitrogens with one attached hydrogen (secondary N) is 1. The van der Waals surface area contributed by atoms with Gasteiger partial charge in [0.25, 0.3) is 0 Å². The van der Waals surface area contributed by atoms with Gasteiger partial charge in [-0.3, -0.25) is 14.5 Å². The van der Waals surface area contributed by atoms with Crippen molar-refractivity contribution in [3.05, 3.63) is 0 Å². The summed E-state index contributed by atoms with van der Waals surface area (Å²) in [5.41, 5.74) is -0.601. The fourth-order valence-corrected chi connectivity index (χ4v) is 2.27. The van der Waals surface area contributed by atoms with Crippen LogP contribution in [0.2, 0.25) is 0 Å². The number of methoxy groups -OCH3 is 2. The average Bonchev–Trinajstić information content (AvgIpc) is 2.77. The van der Waals surface area contributed by atoms with Gasteiger partial charge in [0, 0.05) is 12.6 Å². The summed E-state index contributed by atoms with van der Waals surface area (Å²) in [6.07, 6.45) is -0.204. The summed E-state index contributed by atoms with van der Waals surface area (Å²) in [7, 11) is 2.56. The molecule has 126 valence electrons. The van der Waals surface area contributed by atoms with Crippen molar-refractivity contribution in [2.24, 2.45) is 0 Å². The molecular formula is C14H24N2O6. The van der Waals surface area contributed by atoms with E-state index in [1.807, 2.05) is 0 Å². The zero-order valence-corrected chi connectivity index (χ0v) is 13.7. The maximum absolute atomic E-state index is 11.8. The number of nitrogens with zero attached hydrogens (tertiary/aromatic N) is 1. The molecule has 1 rings (SSSR count). The van der Waals surface area contributed by atoms with Gasteiger partial charge < -0.3 is 19.5 Å². The lowest BCUT2D eigenvalue weighted by Crippen LogP contribution is -2.42. The molecule has 1 amide bonds. The highest BCUT2D eigenvalue weighted by Gasteiger charge is 2.39. The zero-order valence-electron chi connectivity index (χ0n) is 13.7. The monoisotopic (exact) mass is 316 g/mol. The highest BCUT2D eigenvalue weighted by Crippen LogP contribution is 2.19. The molecule has 0 aromatic rings. The van der Waals surface area contributed by atoms with Crippen molar-refractivity contribution in [2.75, 3.05) is 27.3 Å². The minimum Gasteiger partial charge on any atom is -0.468 e. The predicted octanol–water partition coefficient (Wildman–Crippen LogP) is 0.300. The first-order valence-electron chi connectivity index (χ1n) is 7.04. The number of alkyl carbamates (subject to hydrolysis) is 1. The number of esters is 2. The van der Waals surface area contributed by atoms with E-state index in [2.05, 4.69) is 10.1 Å². The lowest BCUT2D eigenvalue weighted by molar-refractivity contribution is -0.148. The van der Waals surface area contributed by atoms with E-state index in [0.717, 1.165) is 0 Å². The minimum absolute atomic E-state index is 0.0389. The van der Waals surface area contributed by atoms with Gasteiger partial charge in [0.05, 0.1) is 20.8 Å². The van der Waals surface area contributed by atoms with Gasteiger partial charge in [-0.05, 0) is 27.2 Å². The molecule has 1 fully saturated rings. The Kier molecular flexibility index (Phi) is 6.16. The van der Waals surface area contributed by atoms with Crippen LogP contribution < -0.4 is 5.32 Å². The van der Waals surface area contributed by atoms with Crippen molar-refractivity contribution in [3.63, 3.8) is 0 Å². The molecule has 0 bridgehead atoms. The molecule has 2 atom stereocenters. The van der Waals surface area contributed by atoms with Gasteiger partial charge >= 0.3 is 18.0 Å². The van der Waals surface area contributed by atoms with Crippen molar-refractivity contribution in [1.29, 1.82) is 0 Å². The van der Waals surface area contributed by atoms with Crippen LogP contribution in [0.5, 0.6) is 0 Å². The fourth-order valence-electron chi connectivity index (χ4n) is 2.27. The number of hydrogen-bond donors (Lipinski definition) is 1. The molecule has 1 aliphatic rings. The molecule has 0 aromatic carbocycles. The summed E-state index contributed by atoms with van der Waals surface area (Å²) in [5.74, 6) is -0.899. The molecule has 0 radical (unpaired) electrons. The van der Waals surface area contributed by atoms with Crippen LogP contribution >= 0.6 is 0 Å². The van der Waals surface area contributed by atoms with Crippen molar-refractivity contribution >= 4 is 18.0 Å². The SMILES string of the molecule is COC(=O)CN1C[C@@H](NC(=O)OC(C)(C)C)C[C@H]1C(=O)OC. The standard InChI is InChI=1S/C14H24N2O6/c1-14(2,3)22-13(19)15-9-6-10(12(18)21-5)16(7-9)8-11(17)20-4/h9-10H,6-8H2,1-5H3,(H,15,19)/t9-,10-/m0/s1. The summed E-state index contributed by atoms with van der Waals surface area (Å²) in [4.78, 5) is 36.6. The Hall–Kier alpha value is -1.83. The normalized spacial score (nSPS) is 22.0. The van der Waals surface area contributed by atoms with Crippen molar-refractivity contribution in [2.45, 2.75) is 44.9 Å². The lowest BCUT2D eigenvalue weighted by Gasteiger charge is -2.22. The van der Waals surface area contributed by atoms with Gasteiger partial charge in [-0.25, -0.2) is 4.79 Å². The van der Waals surface area contributed by atoms with E-state index in [-0.39, 0.29) is 12.6 Å². The molecule has 0 aliphatic carbocycles. The third-order valence-corrected chi connectivity index (χ3v) is 3.16. The lowest BCUT2D eigenvalue weighted by atomic mass is 10.1. The summed E-state index contributed by atoms with van der Waals surface area (Å²) in [5, 5.41) is 2.70. The maximum Gasteiger partial charge on any atom is 0.407 e. The molecule has 22 heavy (non-hydrogen) atoms. The molecular weight excluding hydrogens is 292 g/mol. The Balaban J connectivity index is 2.66. The van der Waals surface area contributed by atoms with E-state index >= 15 is 0 Å². The van der Waals surface area contributed by atoms with E-state index in [0.29, 0.717) is 13.0 Å². The molecule has 1 heterocycles. The number of carbonyl (C=O) groups excluding carboxylic acids is 3. The largest absolute Gasteiger partial charge is 0.468 e. The van der Waals surface area contributed by atoms with Crippen LogP contribution in [0.25, 0.3) is 0 Å². The number of amides is 1. The maximum atomic E-state index is 11.8. The second-order valence-corrected chi connectivity index (χ2v) is 6.12. The van der Waals surface area contributed by atoms with E-state index in [4.69, 9.17) is 9.47 Å². The van der Waals surface area contributed by atoms with Gasteiger partial charge in [-0.1, -0.05) is 0 Å². The smallest absolute Gasteiger partial charge is 0.407 e. The van der Waals surface area contributed by atoms with Crippen LogP contribution in [-0.4, -0.2) is 67.9 Å². The molecule has 8 heteroatoms. The summed E-state index contributed by atoms with van der Waals surface area (Å²) in [6, 6.07) is -0.896. The first-order valence-corrected chi connectivity index (χ1v) is 7.04. The number of rotatable bonds is 4. The highest BCUT2D eigenvalue weighted by molar-refractivity contribution is 5.78. The third kappa shape index (κ3) is 5.51. The van der Waals surface area contributed by atoms with Crippen LogP contribution in [-0.2, 0) is 23.8 Å². The number of hydrogen-bond acceptors (Lipinski definition) is 7. The molecule has 0 unspecified atom stereocenters. The fraction of sp³-hybridized carbons (Fsp3) is 0.786. The third-order valence-electron chi connectivity index (χ3n) is 3.16. The Morgan fingerprint density at radius 1 is 1.18 bits per heavy atom. The van der Waals surface area contributed by atoms with Crippen molar-refractivity contribution in [3.8, 4) is 0 Å². The summed E-state index contributed by atoms with van der Waals surface area (Å²) < 4.78 is 14.5. The van der Waals surface area contributed by atoms with Gasteiger partial charge in [-0.2, -0.15) is 0 Å². The topological polar surface area (TPSA) is 94.2 Å². The van der Waals surface area contributed by atoms with Crippen LogP contribution in [0.15, 0.2) is 0 Å². The predicted molar refractivity (Wildman–Crippen MR) is 77.2 cm³/mol. The molecule has 0 spiro atoms. The minimum atomic E-state index is -0.601. The quantitative estimate of drug-likeness (QED) is 0.589. The molecule has 0 aromatic heterocycles. The Bertz CT molecular complexity index is 432. The molecule has 8 nitrogen and oxygen atoms in total. The molecule has 1 aliphatic heterocycles. The zero-order chi connectivity index (χ0) is 16.9. The molecule has 1 N–H and O–H groups in total. The highest BCUT2D eigenvalue weighted by atomic mass is 16.6. The van der Waals surface area contributed by atoms with Gasteiger partial charge in [0.2, 0.25) is 0 Å². The molecule has 0 saturated carbocycles. The number of likely N-dealkylation sites (tertiary alicyclic amines) is 1.